The van der Waals surface area contributed by atoms with Crippen molar-refractivity contribution in [3.63, 3.8) is 0 Å². The van der Waals surface area contributed by atoms with E-state index in [1.807, 2.05) is 49.5 Å². The van der Waals surface area contributed by atoms with Crippen LogP contribution in [-0.2, 0) is 0 Å². The molecule has 0 heterocycles. The third kappa shape index (κ3) is 6.56. The van der Waals surface area contributed by atoms with Gasteiger partial charge in [0.1, 0.15) is 5.84 Å². The summed E-state index contributed by atoms with van der Waals surface area (Å²) in [5.41, 5.74) is 16.0. The Bertz CT molecular complexity index is 1340. The van der Waals surface area contributed by atoms with Crippen molar-refractivity contribution >= 4 is 40.3 Å². The third-order valence-corrected chi connectivity index (χ3v) is 6.38. The zero-order valence-corrected chi connectivity index (χ0v) is 22.8. The van der Waals surface area contributed by atoms with Gasteiger partial charge in [-0.15, -0.1) is 10.2 Å². The average Bonchev–Trinajstić information content (AvgIpc) is 2.93. The smallest absolute Gasteiger partial charge is 0.254 e. The molecule has 0 aromatic heterocycles. The zero-order chi connectivity index (χ0) is 27.7. The van der Waals surface area contributed by atoms with Crippen molar-refractivity contribution in [3.05, 3.63) is 65.2 Å². The van der Waals surface area contributed by atoms with Gasteiger partial charge in [0.2, 0.25) is 0 Å². The molecule has 0 aliphatic heterocycles. The first kappa shape index (κ1) is 28.4. The van der Waals surface area contributed by atoms with Gasteiger partial charge in [-0.3, -0.25) is 9.59 Å². The van der Waals surface area contributed by atoms with Crippen LogP contribution in [0.25, 0.3) is 21.9 Å². The fourth-order valence-electron chi connectivity index (χ4n) is 4.31. The Morgan fingerprint density at radius 3 is 2.37 bits per heavy atom. The molecule has 8 nitrogen and oxygen atoms in total. The number of amides is 1. The van der Waals surface area contributed by atoms with Crippen LogP contribution >= 0.6 is 0 Å². The number of nitrogens with one attached hydrogen (secondary N) is 1. The van der Waals surface area contributed by atoms with Gasteiger partial charge < -0.3 is 21.7 Å². The Morgan fingerprint density at radius 2 is 1.74 bits per heavy atom. The van der Waals surface area contributed by atoms with Crippen LogP contribution in [-0.4, -0.2) is 48.9 Å². The highest BCUT2D eigenvalue weighted by Crippen LogP contribution is 2.38. The standard InChI is InChI=1S/C30H38N6O2/c1-5-7-16-33-28-24-10-9-11-25(30(38)36(4)17-8-6-2)27(24)23(19-37)18-26(28)21-12-14-22(15-13-21)29(32)35-34-20(3)31/h9-15,18-19,33H,5-8,16-17H2,1-4H3,(H2,31,34)(H2,32,35). The topological polar surface area (TPSA) is 126 Å². The first-order chi connectivity index (χ1) is 18.3. The van der Waals surface area contributed by atoms with Gasteiger partial charge in [-0.1, -0.05) is 63.1 Å². The molecule has 0 aliphatic rings. The van der Waals surface area contributed by atoms with E-state index in [2.05, 4.69) is 29.4 Å². The van der Waals surface area contributed by atoms with Gasteiger partial charge in [-0.2, -0.15) is 0 Å². The number of nitrogens with zero attached hydrogens (tertiary/aromatic N) is 3. The zero-order valence-electron chi connectivity index (χ0n) is 22.8. The van der Waals surface area contributed by atoms with Crippen molar-refractivity contribution in [2.45, 2.75) is 46.5 Å². The second-order valence-electron chi connectivity index (χ2n) is 9.40. The number of hydrogen-bond acceptors (Lipinski definition) is 5. The Kier molecular flexibility index (Phi) is 9.99. The molecule has 3 aromatic carbocycles. The number of carbonyl (C=O) groups excluding carboxylic acids is 2. The lowest BCUT2D eigenvalue weighted by Crippen LogP contribution is -2.28. The maximum absolute atomic E-state index is 13.4. The molecule has 5 N–H and O–H groups in total. The maximum Gasteiger partial charge on any atom is 0.254 e. The summed E-state index contributed by atoms with van der Waals surface area (Å²) in [6.07, 6.45) is 4.78. The van der Waals surface area contributed by atoms with Crippen LogP contribution in [0.1, 0.15) is 72.7 Å². The molecule has 0 atom stereocenters. The summed E-state index contributed by atoms with van der Waals surface area (Å²) >= 11 is 0. The number of aldehydes is 1. The van der Waals surface area contributed by atoms with Gasteiger partial charge in [-0.25, -0.2) is 0 Å². The van der Waals surface area contributed by atoms with Crippen LogP contribution in [0.3, 0.4) is 0 Å². The molecular formula is C30H38N6O2. The molecule has 1 amide bonds. The first-order valence-electron chi connectivity index (χ1n) is 13.1. The minimum absolute atomic E-state index is 0.0890. The van der Waals surface area contributed by atoms with Crippen molar-refractivity contribution < 1.29 is 9.59 Å². The summed E-state index contributed by atoms with van der Waals surface area (Å²) in [5, 5.41) is 12.9. The summed E-state index contributed by atoms with van der Waals surface area (Å²) in [6.45, 7) is 7.30. The largest absolute Gasteiger partial charge is 0.386 e. The molecule has 0 saturated heterocycles. The number of fused-ring (bicyclic) bond motifs is 1. The summed E-state index contributed by atoms with van der Waals surface area (Å²) < 4.78 is 0. The number of unbranched alkanes of at least 4 members (excludes halogenated alkanes) is 2. The van der Waals surface area contributed by atoms with Crippen molar-refractivity contribution in [1.29, 1.82) is 0 Å². The molecule has 0 saturated carbocycles. The number of anilines is 1. The van der Waals surface area contributed by atoms with Crippen LogP contribution in [0.5, 0.6) is 0 Å². The van der Waals surface area contributed by atoms with Gasteiger partial charge in [0.05, 0.1) is 0 Å². The Labute approximate surface area is 224 Å². The Balaban J connectivity index is 2.18. The van der Waals surface area contributed by atoms with E-state index < -0.39 is 0 Å². The highest BCUT2D eigenvalue weighted by Gasteiger charge is 2.21. The molecule has 0 spiro atoms. The van der Waals surface area contributed by atoms with Gasteiger partial charge in [0, 0.05) is 58.9 Å². The summed E-state index contributed by atoms with van der Waals surface area (Å²) in [5.74, 6) is 0.485. The van der Waals surface area contributed by atoms with Crippen molar-refractivity contribution in [2.24, 2.45) is 21.7 Å². The summed E-state index contributed by atoms with van der Waals surface area (Å²) in [4.78, 5) is 27.5. The van der Waals surface area contributed by atoms with Crippen LogP contribution in [0.15, 0.2) is 58.7 Å². The number of amidine groups is 2. The molecule has 0 aliphatic carbocycles. The maximum atomic E-state index is 13.4. The second-order valence-corrected chi connectivity index (χ2v) is 9.40. The molecule has 8 heteroatoms. The van der Waals surface area contributed by atoms with E-state index in [0.29, 0.717) is 34.5 Å². The average molecular weight is 515 g/mol. The normalized spacial score (nSPS) is 12.0. The van der Waals surface area contributed by atoms with Gasteiger partial charge in [0.15, 0.2) is 12.1 Å². The lowest BCUT2D eigenvalue weighted by atomic mass is 9.91. The predicted octanol–water partition coefficient (Wildman–Crippen LogP) is 5.40. The number of rotatable bonds is 12. The number of nitrogens with two attached hydrogens (primary N) is 2. The lowest BCUT2D eigenvalue weighted by Gasteiger charge is -2.21. The fourth-order valence-corrected chi connectivity index (χ4v) is 4.31. The lowest BCUT2D eigenvalue weighted by molar-refractivity contribution is 0.0795. The monoisotopic (exact) mass is 514 g/mol. The van der Waals surface area contributed by atoms with E-state index in [4.69, 9.17) is 11.5 Å². The minimum Gasteiger partial charge on any atom is -0.386 e. The molecule has 0 unspecified atom stereocenters. The number of hydrogen-bond donors (Lipinski definition) is 3. The molecule has 0 fully saturated rings. The van der Waals surface area contributed by atoms with E-state index in [1.165, 1.54) is 0 Å². The van der Waals surface area contributed by atoms with Crippen LogP contribution in [0.4, 0.5) is 5.69 Å². The fraction of sp³-hybridized carbons (Fsp3) is 0.333. The number of benzene rings is 3. The first-order valence-corrected chi connectivity index (χ1v) is 13.1. The van der Waals surface area contributed by atoms with Crippen LogP contribution in [0, 0.1) is 0 Å². The van der Waals surface area contributed by atoms with Crippen molar-refractivity contribution in [2.75, 3.05) is 25.5 Å². The van der Waals surface area contributed by atoms with Crippen molar-refractivity contribution in [1.82, 2.24) is 4.90 Å². The predicted molar refractivity (Wildman–Crippen MR) is 158 cm³/mol. The molecule has 200 valence electrons. The van der Waals surface area contributed by atoms with Crippen molar-refractivity contribution in [3.8, 4) is 11.1 Å². The summed E-state index contributed by atoms with van der Waals surface area (Å²) in [7, 11) is 1.81. The molecule has 3 aromatic rings. The highest BCUT2D eigenvalue weighted by molar-refractivity contribution is 6.17. The van der Waals surface area contributed by atoms with Gasteiger partial charge in [-0.05, 0) is 37.5 Å². The molecular weight excluding hydrogens is 476 g/mol. The Morgan fingerprint density at radius 1 is 1.03 bits per heavy atom. The van der Waals surface area contributed by atoms with E-state index in [-0.39, 0.29) is 11.7 Å². The molecule has 38 heavy (non-hydrogen) atoms. The van der Waals surface area contributed by atoms with Gasteiger partial charge in [0.25, 0.3) is 5.91 Å². The highest BCUT2D eigenvalue weighted by atomic mass is 16.2. The van der Waals surface area contributed by atoms with E-state index in [9.17, 15) is 9.59 Å². The Hall–Kier alpha value is -4.20. The van der Waals surface area contributed by atoms with E-state index in [0.717, 1.165) is 60.7 Å². The van der Waals surface area contributed by atoms with E-state index in [1.54, 1.807) is 17.9 Å². The quantitative estimate of drug-likeness (QED) is 0.0980. The minimum atomic E-state index is -0.0890. The second kappa shape index (κ2) is 13.4. The molecule has 0 bridgehead atoms. The van der Waals surface area contributed by atoms with Crippen LogP contribution in [0.2, 0.25) is 0 Å². The van der Waals surface area contributed by atoms with E-state index >= 15 is 0 Å². The third-order valence-electron chi connectivity index (χ3n) is 6.38. The summed E-state index contributed by atoms with van der Waals surface area (Å²) in [6, 6.07) is 15.1. The molecule has 0 radical (unpaired) electrons. The SMILES string of the molecule is CCCCNc1c(-c2ccc(/C(N)=N/N=C(/C)N)cc2)cc(C=O)c2c(C(=O)N(C)CCCC)cccc12. The van der Waals surface area contributed by atoms with Gasteiger partial charge >= 0.3 is 0 Å². The van der Waals surface area contributed by atoms with Crippen LogP contribution < -0.4 is 16.8 Å². The number of carbonyl (C=O) groups is 2. The molecule has 3 rings (SSSR count).